The van der Waals surface area contributed by atoms with Crippen LogP contribution in [0.1, 0.15) is 11.1 Å². The molecule has 0 aliphatic rings. The Morgan fingerprint density at radius 2 is 1.59 bits per heavy atom. The Labute approximate surface area is 186 Å². The predicted molar refractivity (Wildman–Crippen MR) is 118 cm³/mol. The van der Waals surface area contributed by atoms with Gasteiger partial charge >= 0.3 is 0 Å². The summed E-state index contributed by atoms with van der Waals surface area (Å²) in [6.45, 7) is 0.172. The van der Waals surface area contributed by atoms with Gasteiger partial charge in [-0.15, -0.1) is 0 Å². The van der Waals surface area contributed by atoms with Crippen LogP contribution in [0.2, 0.25) is 20.1 Å². The summed E-state index contributed by atoms with van der Waals surface area (Å²) in [7, 11) is 0. The highest BCUT2D eigenvalue weighted by atomic mass is 35.5. The van der Waals surface area contributed by atoms with Gasteiger partial charge in [-0.1, -0.05) is 52.5 Å². The Morgan fingerprint density at radius 3 is 2.17 bits per heavy atom. The quantitative estimate of drug-likeness (QED) is 0.213. The summed E-state index contributed by atoms with van der Waals surface area (Å²) in [5.74, 6) is 0.326. The molecule has 0 atom stereocenters. The highest BCUT2D eigenvalue weighted by molar-refractivity contribution is 6.37. The molecule has 0 aromatic heterocycles. The Balaban J connectivity index is 1.73. The maximum Gasteiger partial charge on any atom is 0.269 e. The Hall–Kier alpha value is -2.31. The van der Waals surface area contributed by atoms with Crippen molar-refractivity contribution in [3.05, 3.63) is 95.9 Å². The van der Waals surface area contributed by atoms with E-state index in [2.05, 4.69) is 4.99 Å². The number of rotatable bonds is 6. The Kier molecular flexibility index (Phi) is 6.98. The van der Waals surface area contributed by atoms with Gasteiger partial charge in [0.1, 0.15) is 6.61 Å². The van der Waals surface area contributed by atoms with Crippen LogP contribution in [-0.4, -0.2) is 11.1 Å². The molecule has 0 fully saturated rings. The molecule has 0 spiro atoms. The molecule has 29 heavy (non-hydrogen) atoms. The largest absolute Gasteiger partial charge is 0.486 e. The molecule has 0 aliphatic carbocycles. The van der Waals surface area contributed by atoms with Crippen LogP contribution in [0.25, 0.3) is 0 Å². The van der Waals surface area contributed by atoms with Gasteiger partial charge in [0, 0.05) is 34.0 Å². The fraction of sp³-hybridized carbons (Fsp3) is 0.0500. The third-order valence-corrected chi connectivity index (χ3v) is 4.98. The van der Waals surface area contributed by atoms with Crippen molar-refractivity contribution in [1.82, 2.24) is 0 Å². The molecule has 3 rings (SSSR count). The van der Waals surface area contributed by atoms with E-state index in [1.807, 2.05) is 0 Å². The highest BCUT2D eigenvalue weighted by Gasteiger charge is 2.11. The maximum atomic E-state index is 10.7. The molecule has 0 aliphatic heterocycles. The van der Waals surface area contributed by atoms with Crippen molar-refractivity contribution in [3.8, 4) is 5.75 Å². The smallest absolute Gasteiger partial charge is 0.269 e. The fourth-order valence-corrected chi connectivity index (χ4v) is 3.47. The normalized spacial score (nSPS) is 11.0. The van der Waals surface area contributed by atoms with E-state index in [1.54, 1.807) is 48.7 Å². The van der Waals surface area contributed by atoms with Gasteiger partial charge in [-0.3, -0.25) is 15.1 Å². The zero-order valence-electron chi connectivity index (χ0n) is 14.6. The van der Waals surface area contributed by atoms with E-state index in [-0.39, 0.29) is 12.3 Å². The second-order valence-corrected chi connectivity index (χ2v) is 7.53. The van der Waals surface area contributed by atoms with Gasteiger partial charge in [0.15, 0.2) is 5.75 Å². The predicted octanol–water partition coefficient (Wildman–Crippen LogP) is 7.54. The fourth-order valence-electron chi connectivity index (χ4n) is 2.39. The van der Waals surface area contributed by atoms with Crippen molar-refractivity contribution in [2.75, 3.05) is 0 Å². The summed E-state index contributed by atoms with van der Waals surface area (Å²) in [6.07, 6.45) is 1.55. The third kappa shape index (κ3) is 5.61. The van der Waals surface area contributed by atoms with Crippen LogP contribution in [0.4, 0.5) is 11.4 Å². The van der Waals surface area contributed by atoms with Crippen molar-refractivity contribution >= 4 is 64.0 Å². The van der Waals surface area contributed by atoms with Gasteiger partial charge in [-0.25, -0.2) is 0 Å². The summed E-state index contributed by atoms with van der Waals surface area (Å²) in [4.78, 5) is 14.5. The van der Waals surface area contributed by atoms with Crippen LogP contribution < -0.4 is 4.74 Å². The van der Waals surface area contributed by atoms with Crippen LogP contribution in [0.3, 0.4) is 0 Å². The van der Waals surface area contributed by atoms with Crippen LogP contribution >= 0.6 is 46.4 Å². The number of hydrogen-bond donors (Lipinski definition) is 0. The van der Waals surface area contributed by atoms with Crippen LogP contribution in [0.15, 0.2) is 59.6 Å². The van der Waals surface area contributed by atoms with E-state index in [4.69, 9.17) is 51.1 Å². The highest BCUT2D eigenvalue weighted by Crippen LogP contribution is 2.35. The van der Waals surface area contributed by atoms with Gasteiger partial charge in [-0.2, -0.15) is 0 Å². The van der Waals surface area contributed by atoms with Crippen molar-refractivity contribution in [2.24, 2.45) is 4.99 Å². The Bertz CT molecular complexity index is 1060. The maximum absolute atomic E-state index is 10.7. The lowest BCUT2D eigenvalue weighted by molar-refractivity contribution is -0.384. The summed E-state index contributed by atoms with van der Waals surface area (Å²) >= 11 is 24.6. The molecule has 148 valence electrons. The molecule has 0 unspecified atom stereocenters. The van der Waals surface area contributed by atoms with Crippen molar-refractivity contribution < 1.29 is 9.66 Å². The number of nitrogens with zero attached hydrogens (tertiary/aromatic N) is 2. The molecule has 0 N–H and O–H groups in total. The number of hydrogen-bond acceptors (Lipinski definition) is 4. The van der Waals surface area contributed by atoms with E-state index in [1.165, 1.54) is 12.1 Å². The monoisotopic (exact) mass is 468 g/mol. The molecule has 0 saturated heterocycles. The van der Waals surface area contributed by atoms with Gasteiger partial charge in [0.25, 0.3) is 5.69 Å². The number of ether oxygens (including phenoxy) is 1. The summed E-state index contributed by atoms with van der Waals surface area (Å²) in [5, 5.41) is 12.3. The molecule has 5 nitrogen and oxygen atoms in total. The van der Waals surface area contributed by atoms with Gasteiger partial charge in [0.05, 0.1) is 20.7 Å². The lowest BCUT2D eigenvalue weighted by Gasteiger charge is -2.12. The van der Waals surface area contributed by atoms with Crippen molar-refractivity contribution in [2.45, 2.75) is 6.61 Å². The number of benzene rings is 3. The Morgan fingerprint density at radius 1 is 0.931 bits per heavy atom. The first kappa shape index (κ1) is 21.4. The molecule has 0 heterocycles. The first-order valence-electron chi connectivity index (χ1n) is 8.18. The van der Waals surface area contributed by atoms with Crippen LogP contribution in [0.5, 0.6) is 5.75 Å². The third-order valence-electron chi connectivity index (χ3n) is 3.83. The molecule has 3 aromatic rings. The first-order valence-corrected chi connectivity index (χ1v) is 9.69. The first-order chi connectivity index (χ1) is 13.8. The SMILES string of the molecule is O=[N+]([O-])c1ccc(N=Cc2cc(Cl)c(OCc3ccc(Cl)cc3Cl)c(Cl)c2)cc1. The zero-order chi connectivity index (χ0) is 21.0. The van der Waals surface area contributed by atoms with E-state index in [0.29, 0.717) is 37.1 Å². The summed E-state index contributed by atoms with van der Waals surface area (Å²) in [6, 6.07) is 14.3. The molecule has 0 bridgehead atoms. The molecule has 0 radical (unpaired) electrons. The molecular formula is C20H12Cl4N2O3. The van der Waals surface area contributed by atoms with E-state index < -0.39 is 4.92 Å². The molecule has 3 aromatic carbocycles. The number of halogens is 4. The number of nitro benzene ring substituents is 1. The number of non-ortho nitro benzene ring substituents is 1. The summed E-state index contributed by atoms with van der Waals surface area (Å²) < 4.78 is 5.73. The second kappa shape index (κ2) is 9.46. The average Bonchev–Trinajstić information content (AvgIpc) is 2.67. The summed E-state index contributed by atoms with van der Waals surface area (Å²) in [5.41, 5.74) is 1.94. The lowest BCUT2D eigenvalue weighted by atomic mass is 10.2. The molecule has 0 amide bonds. The average molecular weight is 470 g/mol. The van der Waals surface area contributed by atoms with Gasteiger partial charge in [0.2, 0.25) is 0 Å². The minimum Gasteiger partial charge on any atom is -0.486 e. The lowest BCUT2D eigenvalue weighted by Crippen LogP contribution is -1.98. The van der Waals surface area contributed by atoms with Crippen molar-refractivity contribution in [1.29, 1.82) is 0 Å². The second-order valence-electron chi connectivity index (χ2n) is 5.87. The number of aliphatic imine (C=N–C) groups is 1. The minimum atomic E-state index is -0.469. The van der Waals surface area contributed by atoms with Crippen LogP contribution in [0, 0.1) is 10.1 Å². The number of nitro groups is 1. The standard InChI is InChI=1S/C20H12Cl4N2O3/c21-14-2-1-13(17(22)9-14)11-29-20-18(23)7-12(8-19(20)24)10-25-15-3-5-16(6-4-15)26(27)28/h1-10H,11H2. The topological polar surface area (TPSA) is 64.7 Å². The zero-order valence-corrected chi connectivity index (χ0v) is 17.6. The van der Waals surface area contributed by atoms with E-state index in [9.17, 15) is 10.1 Å². The molecular weight excluding hydrogens is 458 g/mol. The van der Waals surface area contributed by atoms with Gasteiger partial charge in [-0.05, 0) is 42.0 Å². The van der Waals surface area contributed by atoms with Gasteiger partial charge < -0.3 is 4.74 Å². The molecule has 9 heteroatoms. The van der Waals surface area contributed by atoms with E-state index >= 15 is 0 Å². The molecule has 0 saturated carbocycles. The van der Waals surface area contributed by atoms with Crippen LogP contribution in [-0.2, 0) is 6.61 Å². The van der Waals surface area contributed by atoms with Crippen molar-refractivity contribution in [3.63, 3.8) is 0 Å². The minimum absolute atomic E-state index is 0.00247. The van der Waals surface area contributed by atoms with E-state index in [0.717, 1.165) is 5.56 Å².